The van der Waals surface area contributed by atoms with Crippen molar-refractivity contribution in [3.63, 3.8) is 0 Å². The lowest BCUT2D eigenvalue weighted by Crippen LogP contribution is -1.96. The van der Waals surface area contributed by atoms with Gasteiger partial charge in [-0.15, -0.1) is 0 Å². The first-order valence-electron chi connectivity index (χ1n) is 5.94. The molecule has 6 nitrogen and oxygen atoms in total. The standard InChI is InChI=1S/C14H12FNO5/c1-20-11-2-3-14(13(7-11)16(18)19)21-12-5-9(8-17)4-10(15)6-12/h2-7,17H,8H2,1H3. The topological polar surface area (TPSA) is 81.8 Å². The van der Waals surface area contributed by atoms with Gasteiger partial charge in [0.25, 0.3) is 0 Å². The number of benzene rings is 2. The third kappa shape index (κ3) is 3.46. The van der Waals surface area contributed by atoms with Gasteiger partial charge >= 0.3 is 5.69 Å². The van der Waals surface area contributed by atoms with Gasteiger partial charge in [0.15, 0.2) is 0 Å². The number of aliphatic hydroxyl groups is 1. The Morgan fingerprint density at radius 2 is 2.00 bits per heavy atom. The Hall–Kier alpha value is -2.67. The van der Waals surface area contributed by atoms with Gasteiger partial charge in [-0.05, 0) is 29.8 Å². The van der Waals surface area contributed by atoms with Crippen LogP contribution in [-0.4, -0.2) is 17.1 Å². The number of halogens is 1. The number of methoxy groups -OCH3 is 1. The largest absolute Gasteiger partial charge is 0.496 e. The molecular formula is C14H12FNO5. The molecule has 0 spiro atoms. The lowest BCUT2D eigenvalue weighted by Gasteiger charge is -2.09. The molecule has 0 amide bonds. The first kappa shape index (κ1) is 14.7. The summed E-state index contributed by atoms with van der Waals surface area (Å²) in [5.74, 6) is -0.278. The van der Waals surface area contributed by atoms with Crippen LogP contribution in [0, 0.1) is 15.9 Å². The Morgan fingerprint density at radius 1 is 1.24 bits per heavy atom. The number of nitrogens with zero attached hydrogens (tertiary/aromatic N) is 1. The number of aliphatic hydroxyl groups excluding tert-OH is 1. The minimum Gasteiger partial charge on any atom is -0.496 e. The zero-order chi connectivity index (χ0) is 15.4. The van der Waals surface area contributed by atoms with Crippen LogP contribution >= 0.6 is 0 Å². The van der Waals surface area contributed by atoms with Crippen LogP contribution < -0.4 is 9.47 Å². The lowest BCUT2D eigenvalue weighted by molar-refractivity contribution is -0.385. The summed E-state index contributed by atoms with van der Waals surface area (Å²) in [4.78, 5) is 10.4. The molecule has 110 valence electrons. The molecule has 0 atom stereocenters. The normalized spacial score (nSPS) is 10.2. The quantitative estimate of drug-likeness (QED) is 0.677. The maximum Gasteiger partial charge on any atom is 0.315 e. The molecule has 2 rings (SSSR count). The molecule has 0 aliphatic rings. The number of rotatable bonds is 5. The second-order valence-electron chi connectivity index (χ2n) is 4.15. The third-order valence-electron chi connectivity index (χ3n) is 2.70. The Balaban J connectivity index is 2.39. The summed E-state index contributed by atoms with van der Waals surface area (Å²) < 4.78 is 23.6. The van der Waals surface area contributed by atoms with Gasteiger partial charge in [-0.1, -0.05) is 0 Å². The van der Waals surface area contributed by atoms with Gasteiger partial charge in [0.05, 0.1) is 24.7 Å². The van der Waals surface area contributed by atoms with Crippen LogP contribution in [0.5, 0.6) is 17.2 Å². The van der Waals surface area contributed by atoms with Crippen LogP contribution in [0.3, 0.4) is 0 Å². The highest BCUT2D eigenvalue weighted by atomic mass is 19.1. The maximum absolute atomic E-state index is 13.4. The highest BCUT2D eigenvalue weighted by molar-refractivity contribution is 5.52. The number of nitro groups is 1. The molecule has 0 heterocycles. The molecule has 0 aliphatic heterocycles. The fraction of sp³-hybridized carbons (Fsp3) is 0.143. The van der Waals surface area contributed by atoms with Crippen molar-refractivity contribution in [2.24, 2.45) is 0 Å². The van der Waals surface area contributed by atoms with Crippen molar-refractivity contribution < 1.29 is 23.9 Å². The monoisotopic (exact) mass is 293 g/mol. The van der Waals surface area contributed by atoms with E-state index in [0.29, 0.717) is 11.3 Å². The van der Waals surface area contributed by atoms with Gasteiger partial charge in [-0.25, -0.2) is 4.39 Å². The first-order chi connectivity index (χ1) is 10.0. The summed E-state index contributed by atoms with van der Waals surface area (Å²) in [6, 6.07) is 7.69. The highest BCUT2D eigenvalue weighted by Crippen LogP contribution is 2.34. The summed E-state index contributed by atoms with van der Waals surface area (Å²) in [6.45, 7) is -0.362. The number of ether oxygens (including phenoxy) is 2. The second-order valence-corrected chi connectivity index (χ2v) is 4.15. The number of hydrogen-bond donors (Lipinski definition) is 1. The van der Waals surface area contributed by atoms with Gasteiger partial charge in [0, 0.05) is 6.07 Å². The van der Waals surface area contributed by atoms with Gasteiger partial charge in [-0.2, -0.15) is 0 Å². The minimum absolute atomic E-state index is 0.0460. The second kappa shape index (κ2) is 6.19. The fourth-order valence-electron chi connectivity index (χ4n) is 1.75. The average molecular weight is 293 g/mol. The van der Waals surface area contributed by atoms with Crippen LogP contribution in [0.1, 0.15) is 5.56 Å². The van der Waals surface area contributed by atoms with E-state index in [-0.39, 0.29) is 23.8 Å². The molecule has 0 fully saturated rings. The predicted molar refractivity (Wildman–Crippen MR) is 72.0 cm³/mol. The summed E-state index contributed by atoms with van der Waals surface area (Å²) >= 11 is 0. The van der Waals surface area contributed by atoms with E-state index < -0.39 is 10.7 Å². The minimum atomic E-state index is -0.621. The molecule has 1 N–H and O–H groups in total. The van der Waals surface area contributed by atoms with Crippen LogP contribution in [0.4, 0.5) is 10.1 Å². The molecule has 0 radical (unpaired) electrons. The molecule has 7 heteroatoms. The van der Waals surface area contributed by atoms with E-state index in [1.54, 1.807) is 0 Å². The molecule has 0 unspecified atom stereocenters. The van der Waals surface area contributed by atoms with Gasteiger partial charge in [0.2, 0.25) is 5.75 Å². The van der Waals surface area contributed by atoms with E-state index in [1.807, 2.05) is 0 Å². The van der Waals surface area contributed by atoms with E-state index in [9.17, 15) is 14.5 Å². The van der Waals surface area contributed by atoms with Gasteiger partial charge in [-0.3, -0.25) is 10.1 Å². The van der Waals surface area contributed by atoms with Crippen molar-refractivity contribution in [1.29, 1.82) is 0 Å². The third-order valence-corrected chi connectivity index (χ3v) is 2.70. The number of nitro benzene ring substituents is 1. The molecule has 0 saturated carbocycles. The van der Waals surface area contributed by atoms with Crippen molar-refractivity contribution in [3.05, 3.63) is 57.9 Å². The lowest BCUT2D eigenvalue weighted by atomic mass is 10.2. The summed E-state index contributed by atoms with van der Waals surface area (Å²) in [5, 5.41) is 20.0. The van der Waals surface area contributed by atoms with E-state index in [0.717, 1.165) is 12.1 Å². The molecule has 0 aliphatic carbocycles. The summed E-state index contributed by atoms with van der Waals surface area (Å²) in [6.07, 6.45) is 0. The first-order valence-corrected chi connectivity index (χ1v) is 5.94. The van der Waals surface area contributed by atoms with E-state index in [4.69, 9.17) is 14.6 Å². The van der Waals surface area contributed by atoms with Crippen molar-refractivity contribution >= 4 is 5.69 Å². The van der Waals surface area contributed by atoms with Crippen molar-refractivity contribution in [1.82, 2.24) is 0 Å². The molecule has 0 bridgehead atoms. The van der Waals surface area contributed by atoms with Crippen LogP contribution in [-0.2, 0) is 6.61 Å². The highest BCUT2D eigenvalue weighted by Gasteiger charge is 2.17. The summed E-state index contributed by atoms with van der Waals surface area (Å²) in [5.41, 5.74) is 0.00493. The van der Waals surface area contributed by atoms with E-state index >= 15 is 0 Å². The zero-order valence-corrected chi connectivity index (χ0v) is 11.1. The Morgan fingerprint density at radius 3 is 2.62 bits per heavy atom. The zero-order valence-electron chi connectivity index (χ0n) is 11.1. The van der Waals surface area contributed by atoms with Crippen molar-refractivity contribution in [2.75, 3.05) is 7.11 Å². The predicted octanol–water partition coefficient (Wildman–Crippen LogP) is 3.03. The van der Waals surface area contributed by atoms with Crippen LogP contribution in [0.25, 0.3) is 0 Å². The Labute approximate surface area is 119 Å². The molecule has 2 aromatic rings. The smallest absolute Gasteiger partial charge is 0.315 e. The summed E-state index contributed by atoms with van der Waals surface area (Å²) in [7, 11) is 1.39. The average Bonchev–Trinajstić information content (AvgIpc) is 2.46. The van der Waals surface area contributed by atoms with Gasteiger partial charge < -0.3 is 14.6 Å². The molecule has 2 aromatic carbocycles. The molecule has 0 saturated heterocycles. The van der Waals surface area contributed by atoms with E-state index in [1.165, 1.54) is 31.4 Å². The van der Waals surface area contributed by atoms with Crippen molar-refractivity contribution in [3.8, 4) is 17.2 Å². The SMILES string of the molecule is COc1ccc(Oc2cc(F)cc(CO)c2)c([N+](=O)[O-])c1. The van der Waals surface area contributed by atoms with Crippen molar-refractivity contribution in [2.45, 2.75) is 6.61 Å². The fourth-order valence-corrected chi connectivity index (χ4v) is 1.75. The van der Waals surface area contributed by atoms with Gasteiger partial charge in [0.1, 0.15) is 17.3 Å². The molecule has 21 heavy (non-hydrogen) atoms. The maximum atomic E-state index is 13.4. The molecular weight excluding hydrogens is 281 g/mol. The van der Waals surface area contributed by atoms with Crippen LogP contribution in [0.2, 0.25) is 0 Å². The number of hydrogen-bond acceptors (Lipinski definition) is 5. The van der Waals surface area contributed by atoms with E-state index in [2.05, 4.69) is 0 Å². The molecule has 0 aromatic heterocycles. The van der Waals surface area contributed by atoms with Crippen LogP contribution in [0.15, 0.2) is 36.4 Å². The Bertz CT molecular complexity index is 674. The Kier molecular flexibility index (Phi) is 4.34.